The third kappa shape index (κ3) is 3.40. The zero-order valence-electron chi connectivity index (χ0n) is 12.5. The van der Waals surface area contributed by atoms with E-state index in [0.717, 1.165) is 22.1 Å². The Balaban J connectivity index is 2.58. The Hall–Kier alpha value is -2.36. The van der Waals surface area contributed by atoms with E-state index in [2.05, 4.69) is 0 Å². The highest BCUT2D eigenvalue weighted by atomic mass is 16.6. The molecule has 0 unspecified atom stereocenters. The second kappa shape index (κ2) is 6.39. The number of nitro groups is 1. The summed E-state index contributed by atoms with van der Waals surface area (Å²) in [6.07, 6.45) is 2.12. The summed E-state index contributed by atoms with van der Waals surface area (Å²) < 4.78 is 5.34. The Labute approximate surface area is 124 Å². The standard InChI is InChI=1S/C17H19NO3/c1-12(2)10-14(18(19)20)11-13-8-9-17(21-3)16-7-5-4-6-15(13)16/h4-9,11-12H,10H2,1-3H3/b14-11-. The Morgan fingerprint density at radius 1 is 1.24 bits per heavy atom. The number of rotatable bonds is 5. The molecule has 0 aliphatic carbocycles. The topological polar surface area (TPSA) is 52.4 Å². The number of allylic oxidation sites excluding steroid dienone is 1. The fourth-order valence-electron chi connectivity index (χ4n) is 2.38. The van der Waals surface area contributed by atoms with Crippen molar-refractivity contribution in [3.05, 3.63) is 57.8 Å². The molecule has 0 aliphatic heterocycles. The van der Waals surface area contributed by atoms with Crippen LogP contribution >= 0.6 is 0 Å². The quantitative estimate of drug-likeness (QED) is 0.600. The summed E-state index contributed by atoms with van der Waals surface area (Å²) in [5.74, 6) is 1.01. The van der Waals surface area contributed by atoms with Crippen LogP contribution in [-0.2, 0) is 0 Å². The molecule has 2 aromatic rings. The van der Waals surface area contributed by atoms with Crippen LogP contribution in [0.2, 0.25) is 0 Å². The molecular formula is C17H19NO3. The van der Waals surface area contributed by atoms with Gasteiger partial charge < -0.3 is 4.74 Å². The average Bonchev–Trinajstić information content (AvgIpc) is 2.46. The van der Waals surface area contributed by atoms with Gasteiger partial charge in [0.05, 0.1) is 12.0 Å². The first-order valence-corrected chi connectivity index (χ1v) is 6.93. The minimum absolute atomic E-state index is 0.236. The first kappa shape index (κ1) is 15.0. The van der Waals surface area contributed by atoms with E-state index in [1.54, 1.807) is 13.2 Å². The number of methoxy groups -OCH3 is 1. The minimum Gasteiger partial charge on any atom is -0.496 e. The molecule has 0 atom stereocenters. The highest BCUT2D eigenvalue weighted by molar-refractivity contribution is 5.95. The van der Waals surface area contributed by atoms with Crippen LogP contribution in [-0.4, -0.2) is 12.0 Å². The molecule has 0 aliphatic rings. The fourth-order valence-corrected chi connectivity index (χ4v) is 2.38. The molecule has 4 heteroatoms. The first-order chi connectivity index (χ1) is 10.0. The van der Waals surface area contributed by atoms with E-state index in [0.29, 0.717) is 6.42 Å². The zero-order chi connectivity index (χ0) is 15.4. The molecule has 0 saturated heterocycles. The molecule has 2 rings (SSSR count). The molecule has 21 heavy (non-hydrogen) atoms. The average molecular weight is 285 g/mol. The summed E-state index contributed by atoms with van der Waals surface area (Å²) in [5.41, 5.74) is 1.08. The summed E-state index contributed by atoms with van der Waals surface area (Å²) in [6.45, 7) is 3.95. The molecule has 4 nitrogen and oxygen atoms in total. The minimum atomic E-state index is -0.293. The molecule has 0 saturated carbocycles. The van der Waals surface area contributed by atoms with E-state index in [4.69, 9.17) is 4.74 Å². The Bertz CT molecular complexity index is 689. The highest BCUT2D eigenvalue weighted by Crippen LogP contribution is 2.30. The lowest BCUT2D eigenvalue weighted by molar-refractivity contribution is -0.427. The van der Waals surface area contributed by atoms with E-state index in [9.17, 15) is 10.1 Å². The van der Waals surface area contributed by atoms with Crippen molar-refractivity contribution < 1.29 is 9.66 Å². The van der Waals surface area contributed by atoms with E-state index in [1.165, 1.54) is 0 Å². The van der Waals surface area contributed by atoms with Crippen LogP contribution in [0.3, 0.4) is 0 Å². The number of nitrogens with zero attached hydrogens (tertiary/aromatic N) is 1. The molecule has 0 heterocycles. The lowest BCUT2D eigenvalue weighted by Crippen LogP contribution is -2.02. The molecular weight excluding hydrogens is 266 g/mol. The van der Waals surface area contributed by atoms with Crippen molar-refractivity contribution in [2.75, 3.05) is 7.11 Å². The van der Waals surface area contributed by atoms with E-state index < -0.39 is 0 Å². The van der Waals surface area contributed by atoms with Crippen molar-refractivity contribution >= 4 is 16.8 Å². The third-order valence-electron chi connectivity index (χ3n) is 3.31. The fraction of sp³-hybridized carbons (Fsp3) is 0.294. The van der Waals surface area contributed by atoms with Gasteiger partial charge in [0.1, 0.15) is 5.75 Å². The van der Waals surface area contributed by atoms with Crippen molar-refractivity contribution in [2.45, 2.75) is 20.3 Å². The Morgan fingerprint density at radius 3 is 2.48 bits per heavy atom. The smallest absolute Gasteiger partial charge is 0.247 e. The van der Waals surface area contributed by atoms with Gasteiger partial charge in [-0.2, -0.15) is 0 Å². The number of fused-ring (bicyclic) bond motifs is 1. The SMILES string of the molecule is COc1ccc(/C=C(/CC(C)C)[N+](=O)[O-])c2ccccc12. The molecule has 0 amide bonds. The molecule has 0 aromatic heterocycles. The number of hydrogen-bond acceptors (Lipinski definition) is 3. The van der Waals surface area contributed by atoms with Crippen molar-refractivity contribution in [1.82, 2.24) is 0 Å². The van der Waals surface area contributed by atoms with Gasteiger partial charge in [0.2, 0.25) is 5.70 Å². The number of ether oxygens (including phenoxy) is 1. The molecule has 0 radical (unpaired) electrons. The van der Waals surface area contributed by atoms with Gasteiger partial charge in [-0.3, -0.25) is 10.1 Å². The molecule has 0 bridgehead atoms. The maximum absolute atomic E-state index is 11.2. The van der Waals surface area contributed by atoms with Gasteiger partial charge in [-0.05, 0) is 22.9 Å². The van der Waals surface area contributed by atoms with Crippen LogP contribution in [0.4, 0.5) is 0 Å². The largest absolute Gasteiger partial charge is 0.496 e. The van der Waals surface area contributed by atoms with Gasteiger partial charge in [-0.25, -0.2) is 0 Å². The van der Waals surface area contributed by atoms with Crippen LogP contribution in [0.5, 0.6) is 5.75 Å². The monoisotopic (exact) mass is 285 g/mol. The zero-order valence-corrected chi connectivity index (χ0v) is 12.5. The van der Waals surface area contributed by atoms with Crippen LogP contribution in [0.15, 0.2) is 42.1 Å². The van der Waals surface area contributed by atoms with Gasteiger partial charge in [0.15, 0.2) is 0 Å². The lowest BCUT2D eigenvalue weighted by Gasteiger charge is -2.08. The Kier molecular flexibility index (Phi) is 4.58. The van der Waals surface area contributed by atoms with Crippen LogP contribution in [0.1, 0.15) is 25.8 Å². The number of hydrogen-bond donors (Lipinski definition) is 0. The Morgan fingerprint density at radius 2 is 1.90 bits per heavy atom. The van der Waals surface area contributed by atoms with E-state index >= 15 is 0 Å². The second-order valence-corrected chi connectivity index (χ2v) is 5.39. The van der Waals surface area contributed by atoms with Gasteiger partial charge in [0, 0.05) is 17.9 Å². The molecule has 110 valence electrons. The van der Waals surface area contributed by atoms with Gasteiger partial charge >= 0.3 is 0 Å². The maximum Gasteiger partial charge on any atom is 0.247 e. The van der Waals surface area contributed by atoms with Crippen molar-refractivity contribution in [3.63, 3.8) is 0 Å². The highest BCUT2D eigenvalue weighted by Gasteiger charge is 2.14. The summed E-state index contributed by atoms with van der Waals surface area (Å²) in [4.78, 5) is 10.9. The third-order valence-corrected chi connectivity index (χ3v) is 3.31. The maximum atomic E-state index is 11.2. The summed E-state index contributed by atoms with van der Waals surface area (Å²) >= 11 is 0. The van der Waals surface area contributed by atoms with Crippen LogP contribution in [0.25, 0.3) is 16.8 Å². The predicted molar refractivity (Wildman–Crippen MR) is 84.9 cm³/mol. The normalized spacial score (nSPS) is 11.9. The van der Waals surface area contributed by atoms with Gasteiger partial charge in [0.25, 0.3) is 0 Å². The van der Waals surface area contributed by atoms with Gasteiger partial charge in [-0.1, -0.05) is 44.2 Å². The molecule has 0 fully saturated rings. The van der Waals surface area contributed by atoms with Crippen molar-refractivity contribution in [1.29, 1.82) is 0 Å². The van der Waals surface area contributed by atoms with Gasteiger partial charge in [-0.15, -0.1) is 0 Å². The summed E-state index contributed by atoms with van der Waals surface area (Å²) in [5, 5.41) is 13.1. The summed E-state index contributed by atoms with van der Waals surface area (Å²) in [6, 6.07) is 11.5. The first-order valence-electron chi connectivity index (χ1n) is 6.93. The molecule has 0 N–H and O–H groups in total. The second-order valence-electron chi connectivity index (χ2n) is 5.39. The van der Waals surface area contributed by atoms with E-state index in [-0.39, 0.29) is 16.5 Å². The van der Waals surface area contributed by atoms with Crippen LogP contribution in [0, 0.1) is 16.0 Å². The molecule has 2 aromatic carbocycles. The molecule has 0 spiro atoms. The summed E-state index contributed by atoms with van der Waals surface area (Å²) in [7, 11) is 1.62. The lowest BCUT2D eigenvalue weighted by atomic mass is 10.0. The van der Waals surface area contributed by atoms with E-state index in [1.807, 2.05) is 50.2 Å². The van der Waals surface area contributed by atoms with Crippen LogP contribution < -0.4 is 4.74 Å². The predicted octanol–water partition coefficient (Wildman–Crippen LogP) is 4.51. The number of benzene rings is 2. The van der Waals surface area contributed by atoms with Crippen molar-refractivity contribution in [2.24, 2.45) is 5.92 Å². The van der Waals surface area contributed by atoms with Crippen molar-refractivity contribution in [3.8, 4) is 5.75 Å².